The summed E-state index contributed by atoms with van der Waals surface area (Å²) in [6, 6.07) is 18.7. The highest BCUT2D eigenvalue weighted by Crippen LogP contribution is 2.24. The van der Waals surface area contributed by atoms with Gasteiger partial charge in [-0.25, -0.2) is 0 Å². The maximum atomic E-state index is 12.7. The van der Waals surface area contributed by atoms with Gasteiger partial charge in [-0.1, -0.05) is 48.5 Å². The first-order valence-electron chi connectivity index (χ1n) is 6.63. The molecule has 0 N–H and O–H groups in total. The van der Waals surface area contributed by atoms with Crippen LogP contribution >= 0.6 is 0 Å². The molecule has 0 aliphatic heterocycles. The van der Waals surface area contributed by atoms with E-state index in [2.05, 4.69) is 11.2 Å². The lowest BCUT2D eigenvalue weighted by atomic mass is 9.93. The van der Waals surface area contributed by atoms with Crippen LogP contribution in [0.15, 0.2) is 54.6 Å². The Kier molecular flexibility index (Phi) is 3.25. The van der Waals surface area contributed by atoms with Crippen molar-refractivity contribution < 1.29 is 4.79 Å². The molecule has 0 fully saturated rings. The van der Waals surface area contributed by atoms with Crippen molar-refractivity contribution in [2.45, 2.75) is 5.92 Å². The van der Waals surface area contributed by atoms with Gasteiger partial charge in [0.2, 0.25) is 5.78 Å². The minimum atomic E-state index is -0.829. The molecule has 0 unspecified atom stereocenters. The number of hydrogen-bond donors (Lipinski definition) is 0. The predicted molar refractivity (Wildman–Crippen MR) is 79.8 cm³/mol. The zero-order valence-electron chi connectivity index (χ0n) is 11.5. The molecule has 0 aliphatic rings. The van der Waals surface area contributed by atoms with Gasteiger partial charge in [-0.3, -0.25) is 9.48 Å². The molecule has 0 saturated carbocycles. The summed E-state index contributed by atoms with van der Waals surface area (Å²) in [6.07, 6.45) is 0. The van der Waals surface area contributed by atoms with Gasteiger partial charge >= 0.3 is 0 Å². The fourth-order valence-electron chi connectivity index (χ4n) is 2.46. The summed E-state index contributed by atoms with van der Waals surface area (Å²) in [5, 5.41) is 14.5. The Hall–Kier alpha value is -2.93. The van der Waals surface area contributed by atoms with E-state index in [0.717, 1.165) is 10.9 Å². The Morgan fingerprint density at radius 1 is 1.14 bits per heavy atom. The number of Topliss-reactive ketones (excluding diaryl/α,β-unsaturated/α-hetero) is 1. The lowest BCUT2D eigenvalue weighted by molar-refractivity contribution is 0.0975. The highest BCUT2D eigenvalue weighted by atomic mass is 16.1. The van der Waals surface area contributed by atoms with E-state index in [-0.39, 0.29) is 5.78 Å². The van der Waals surface area contributed by atoms with Crippen molar-refractivity contribution >= 4 is 16.7 Å². The molecule has 0 amide bonds. The molecule has 0 aliphatic carbocycles. The first-order chi connectivity index (χ1) is 10.2. The van der Waals surface area contributed by atoms with Crippen LogP contribution in [-0.2, 0) is 7.05 Å². The van der Waals surface area contributed by atoms with Gasteiger partial charge in [0.1, 0.15) is 11.6 Å². The summed E-state index contributed by atoms with van der Waals surface area (Å²) < 4.78 is 1.67. The molecular weight excluding hydrogens is 262 g/mol. The van der Waals surface area contributed by atoms with Crippen LogP contribution in [0.3, 0.4) is 0 Å². The van der Waals surface area contributed by atoms with Gasteiger partial charge in [0.05, 0.1) is 11.6 Å². The number of carbonyl (C=O) groups excluding carboxylic acids is 1. The second-order valence-electron chi connectivity index (χ2n) is 4.83. The van der Waals surface area contributed by atoms with Gasteiger partial charge in [-0.15, -0.1) is 0 Å². The number of carbonyl (C=O) groups is 1. The van der Waals surface area contributed by atoms with Crippen LogP contribution in [0.25, 0.3) is 10.9 Å². The van der Waals surface area contributed by atoms with E-state index < -0.39 is 5.92 Å². The van der Waals surface area contributed by atoms with E-state index in [1.807, 2.05) is 42.5 Å². The minimum absolute atomic E-state index is 0.263. The number of aromatic nitrogens is 2. The zero-order valence-corrected chi connectivity index (χ0v) is 11.5. The average Bonchev–Trinajstić information content (AvgIpc) is 2.87. The normalized spacial score (nSPS) is 12.0. The first-order valence-corrected chi connectivity index (χ1v) is 6.63. The number of rotatable bonds is 3. The largest absolute Gasteiger partial charge is 0.290 e. The van der Waals surface area contributed by atoms with Crippen molar-refractivity contribution in [3.63, 3.8) is 0 Å². The third-order valence-corrected chi connectivity index (χ3v) is 3.52. The molecule has 1 aromatic heterocycles. The quantitative estimate of drug-likeness (QED) is 0.690. The second kappa shape index (κ2) is 5.22. The number of hydrogen-bond acceptors (Lipinski definition) is 3. The summed E-state index contributed by atoms with van der Waals surface area (Å²) in [5.41, 5.74) is 1.92. The number of para-hydroxylation sites is 1. The number of benzene rings is 2. The van der Waals surface area contributed by atoms with Crippen molar-refractivity contribution in [2.75, 3.05) is 0 Å². The third-order valence-electron chi connectivity index (χ3n) is 3.52. The van der Waals surface area contributed by atoms with Gasteiger partial charge in [0.25, 0.3) is 0 Å². The topological polar surface area (TPSA) is 58.7 Å². The Morgan fingerprint density at radius 2 is 1.81 bits per heavy atom. The maximum absolute atomic E-state index is 12.7. The summed E-state index contributed by atoms with van der Waals surface area (Å²) >= 11 is 0. The third kappa shape index (κ3) is 2.19. The Bertz CT molecular complexity index is 843. The van der Waals surface area contributed by atoms with Gasteiger partial charge in [0, 0.05) is 12.4 Å². The predicted octanol–water partition coefficient (Wildman–Crippen LogP) is 3.06. The number of fused-ring (bicyclic) bond motifs is 1. The summed E-state index contributed by atoms with van der Waals surface area (Å²) in [4.78, 5) is 12.7. The molecule has 2 aromatic carbocycles. The maximum Gasteiger partial charge on any atom is 0.205 e. The van der Waals surface area contributed by atoms with Crippen molar-refractivity contribution in [3.05, 3.63) is 65.9 Å². The molecule has 0 bridgehead atoms. The van der Waals surface area contributed by atoms with E-state index in [0.29, 0.717) is 11.3 Å². The molecular formula is C17H13N3O. The van der Waals surface area contributed by atoms with Crippen LogP contribution in [0.2, 0.25) is 0 Å². The van der Waals surface area contributed by atoms with Crippen LogP contribution < -0.4 is 0 Å². The van der Waals surface area contributed by atoms with Gasteiger partial charge in [-0.2, -0.15) is 10.4 Å². The molecule has 102 valence electrons. The molecule has 3 rings (SSSR count). The van der Waals surface area contributed by atoms with E-state index in [1.165, 1.54) is 0 Å². The van der Waals surface area contributed by atoms with Gasteiger partial charge < -0.3 is 0 Å². The number of nitrogens with zero attached hydrogens (tertiary/aromatic N) is 3. The molecule has 0 radical (unpaired) electrons. The first kappa shape index (κ1) is 13.1. The second-order valence-corrected chi connectivity index (χ2v) is 4.83. The van der Waals surface area contributed by atoms with E-state index in [4.69, 9.17) is 0 Å². The van der Waals surface area contributed by atoms with Crippen LogP contribution in [0, 0.1) is 11.3 Å². The van der Waals surface area contributed by atoms with Crippen LogP contribution in [0.1, 0.15) is 22.0 Å². The smallest absolute Gasteiger partial charge is 0.205 e. The SMILES string of the molecule is Cn1nc(C(=O)[C@@H](C#N)c2ccccc2)c2ccccc21. The highest BCUT2D eigenvalue weighted by Gasteiger charge is 2.26. The van der Waals surface area contributed by atoms with Gasteiger partial charge in [-0.05, 0) is 11.6 Å². The van der Waals surface area contributed by atoms with Crippen molar-refractivity contribution in [3.8, 4) is 6.07 Å². The molecule has 0 spiro atoms. The lowest BCUT2D eigenvalue weighted by Crippen LogP contribution is -2.12. The van der Waals surface area contributed by atoms with Crippen LogP contribution in [0.5, 0.6) is 0 Å². The molecule has 1 heterocycles. The number of nitriles is 1. The standard InChI is InChI=1S/C17H13N3O/c1-20-15-10-6-5-9-13(15)16(19-20)17(21)14(11-18)12-7-3-2-4-8-12/h2-10,14H,1H3/t14-/m0/s1. The van der Waals surface area contributed by atoms with E-state index in [9.17, 15) is 10.1 Å². The fourth-order valence-corrected chi connectivity index (χ4v) is 2.46. The fraction of sp³-hybridized carbons (Fsp3) is 0.118. The monoisotopic (exact) mass is 275 g/mol. The lowest BCUT2D eigenvalue weighted by Gasteiger charge is -2.06. The van der Waals surface area contributed by atoms with Gasteiger partial charge in [0.15, 0.2) is 0 Å². The van der Waals surface area contributed by atoms with Crippen molar-refractivity contribution in [2.24, 2.45) is 7.05 Å². The molecule has 21 heavy (non-hydrogen) atoms. The average molecular weight is 275 g/mol. The molecule has 4 heteroatoms. The molecule has 1 atom stereocenters. The molecule has 0 saturated heterocycles. The number of ketones is 1. The van der Waals surface area contributed by atoms with Crippen molar-refractivity contribution in [1.29, 1.82) is 5.26 Å². The molecule has 4 nitrogen and oxygen atoms in total. The molecule has 3 aromatic rings. The van der Waals surface area contributed by atoms with Crippen LogP contribution in [-0.4, -0.2) is 15.6 Å². The summed E-state index contributed by atoms with van der Waals surface area (Å²) in [7, 11) is 1.79. The van der Waals surface area contributed by atoms with E-state index >= 15 is 0 Å². The highest BCUT2D eigenvalue weighted by molar-refractivity contribution is 6.10. The van der Waals surface area contributed by atoms with Crippen molar-refractivity contribution in [1.82, 2.24) is 9.78 Å². The Morgan fingerprint density at radius 3 is 2.52 bits per heavy atom. The zero-order chi connectivity index (χ0) is 14.8. The van der Waals surface area contributed by atoms with E-state index in [1.54, 1.807) is 23.9 Å². The van der Waals surface area contributed by atoms with Crippen LogP contribution in [0.4, 0.5) is 0 Å². The summed E-state index contributed by atoms with van der Waals surface area (Å²) in [6.45, 7) is 0. The Balaban J connectivity index is 2.10. The summed E-state index contributed by atoms with van der Waals surface area (Å²) in [5.74, 6) is -1.09. The minimum Gasteiger partial charge on any atom is -0.290 e. The number of aryl methyl sites for hydroxylation is 1. The Labute approximate surface area is 122 Å².